The fourth-order valence-electron chi connectivity index (χ4n) is 1.09. The van der Waals surface area contributed by atoms with E-state index in [1.54, 1.807) is 13.8 Å². The van der Waals surface area contributed by atoms with Crippen LogP contribution in [0.3, 0.4) is 0 Å². The second-order valence-electron chi connectivity index (χ2n) is 3.43. The molecule has 0 aliphatic carbocycles. The number of esters is 2. The monoisotopic (exact) mass is 281 g/mol. The van der Waals surface area contributed by atoms with Crippen LogP contribution < -0.4 is 0 Å². The summed E-state index contributed by atoms with van der Waals surface area (Å²) in [6.45, 7) is 3.30. The molecule has 18 heavy (non-hydrogen) atoms. The summed E-state index contributed by atoms with van der Waals surface area (Å²) in [7, 11) is -2.39. The molecule has 0 heterocycles. The molecule has 7 nitrogen and oxygen atoms in total. The zero-order chi connectivity index (χ0) is 14.2. The summed E-state index contributed by atoms with van der Waals surface area (Å²) in [6.07, 6.45) is -0.233. The highest BCUT2D eigenvalue weighted by molar-refractivity contribution is 7.89. The van der Waals surface area contributed by atoms with Crippen molar-refractivity contribution in [2.75, 3.05) is 32.6 Å². The zero-order valence-electron chi connectivity index (χ0n) is 10.8. The Hall–Kier alpha value is -1.15. The van der Waals surface area contributed by atoms with E-state index >= 15 is 0 Å². The van der Waals surface area contributed by atoms with Gasteiger partial charge in [0.15, 0.2) is 0 Å². The van der Waals surface area contributed by atoms with Crippen LogP contribution in [0.15, 0.2) is 0 Å². The number of sulfonamides is 1. The summed E-state index contributed by atoms with van der Waals surface area (Å²) in [5.41, 5.74) is 0. The summed E-state index contributed by atoms with van der Waals surface area (Å²) in [6, 6.07) is 0. The van der Waals surface area contributed by atoms with Crippen LogP contribution in [0.4, 0.5) is 0 Å². The van der Waals surface area contributed by atoms with Gasteiger partial charge in [0.05, 0.1) is 25.4 Å². The Labute approximate surface area is 107 Å². The van der Waals surface area contributed by atoms with Crippen LogP contribution in [0.25, 0.3) is 0 Å². The molecular weight excluding hydrogens is 262 g/mol. The third kappa shape index (κ3) is 6.55. The van der Waals surface area contributed by atoms with Crippen LogP contribution in [0.2, 0.25) is 0 Å². The number of likely N-dealkylation sites (N-methyl/N-ethyl adjacent to an activating group) is 1. The Morgan fingerprint density at radius 1 is 1.06 bits per heavy atom. The molecule has 0 atom stereocenters. The van der Waals surface area contributed by atoms with Crippen molar-refractivity contribution in [1.29, 1.82) is 0 Å². The van der Waals surface area contributed by atoms with Crippen LogP contribution in [0.5, 0.6) is 0 Å². The molecule has 0 saturated carbocycles. The number of carbonyl (C=O) groups is 2. The summed E-state index contributed by atoms with van der Waals surface area (Å²) in [5.74, 6) is -1.59. The van der Waals surface area contributed by atoms with Gasteiger partial charge in [-0.05, 0) is 13.8 Å². The van der Waals surface area contributed by atoms with Gasteiger partial charge in [-0.15, -0.1) is 0 Å². The highest BCUT2D eigenvalue weighted by Gasteiger charge is 2.22. The normalized spacial score (nSPS) is 11.3. The summed E-state index contributed by atoms with van der Waals surface area (Å²) >= 11 is 0. The van der Waals surface area contributed by atoms with E-state index in [0.717, 1.165) is 4.31 Å². The van der Waals surface area contributed by atoms with Gasteiger partial charge in [-0.2, -0.15) is 4.31 Å². The molecule has 0 bridgehead atoms. The van der Waals surface area contributed by atoms with E-state index < -0.39 is 22.0 Å². The number of carbonyl (C=O) groups excluding carboxylic acids is 2. The highest BCUT2D eigenvalue weighted by atomic mass is 32.2. The van der Waals surface area contributed by atoms with Crippen LogP contribution in [0.1, 0.15) is 20.3 Å². The molecule has 0 amide bonds. The lowest BCUT2D eigenvalue weighted by Gasteiger charge is -2.15. The van der Waals surface area contributed by atoms with Crippen LogP contribution in [0, 0.1) is 0 Å². The summed E-state index contributed by atoms with van der Waals surface area (Å²) in [4.78, 5) is 22.2. The summed E-state index contributed by atoms with van der Waals surface area (Å²) in [5, 5.41) is 0. The fraction of sp³-hybridized carbons (Fsp3) is 0.800. The van der Waals surface area contributed by atoms with E-state index in [-0.39, 0.29) is 31.9 Å². The van der Waals surface area contributed by atoms with Gasteiger partial charge in [0.1, 0.15) is 6.54 Å². The zero-order valence-corrected chi connectivity index (χ0v) is 11.7. The SMILES string of the molecule is CCOC(=O)CCS(=O)(=O)N(C)CC(=O)OCC. The topological polar surface area (TPSA) is 90.0 Å². The molecule has 0 unspecified atom stereocenters. The molecule has 0 aliphatic rings. The van der Waals surface area contributed by atoms with E-state index in [4.69, 9.17) is 0 Å². The van der Waals surface area contributed by atoms with Crippen LogP contribution in [-0.4, -0.2) is 57.2 Å². The Morgan fingerprint density at radius 3 is 2.06 bits per heavy atom. The largest absolute Gasteiger partial charge is 0.466 e. The average Bonchev–Trinajstić information content (AvgIpc) is 2.27. The van der Waals surface area contributed by atoms with Gasteiger partial charge in [-0.25, -0.2) is 8.42 Å². The van der Waals surface area contributed by atoms with Crippen molar-refractivity contribution in [3.05, 3.63) is 0 Å². The second kappa shape index (κ2) is 8.04. The predicted octanol–water partition coefficient (Wildman–Crippen LogP) is -0.236. The molecule has 0 rings (SSSR count). The Bertz CT molecular complexity index is 378. The van der Waals surface area contributed by atoms with Crippen molar-refractivity contribution in [1.82, 2.24) is 4.31 Å². The van der Waals surface area contributed by atoms with E-state index in [1.165, 1.54) is 7.05 Å². The Kier molecular flexibility index (Phi) is 7.53. The third-order valence-electron chi connectivity index (χ3n) is 2.00. The third-order valence-corrected chi connectivity index (χ3v) is 3.80. The molecule has 0 saturated heterocycles. The van der Waals surface area contributed by atoms with Crippen molar-refractivity contribution in [2.24, 2.45) is 0 Å². The predicted molar refractivity (Wildman–Crippen MR) is 64.3 cm³/mol. The standard InChI is InChI=1S/C10H19NO6S/c1-4-16-9(12)6-7-18(14,15)11(3)8-10(13)17-5-2/h4-8H2,1-3H3. The summed E-state index contributed by atoms with van der Waals surface area (Å²) < 4.78 is 33.5. The van der Waals surface area contributed by atoms with Crippen LogP contribution in [-0.2, 0) is 29.1 Å². The molecule has 106 valence electrons. The minimum absolute atomic E-state index is 0.190. The second-order valence-corrected chi connectivity index (χ2v) is 5.63. The van der Waals surface area contributed by atoms with Gasteiger partial charge in [-0.1, -0.05) is 0 Å². The molecule has 0 radical (unpaired) electrons. The number of hydrogen-bond donors (Lipinski definition) is 0. The van der Waals surface area contributed by atoms with Crippen molar-refractivity contribution >= 4 is 22.0 Å². The molecule has 0 fully saturated rings. The lowest BCUT2D eigenvalue weighted by Crippen LogP contribution is -2.35. The first-order valence-electron chi connectivity index (χ1n) is 5.58. The Balaban J connectivity index is 4.27. The maximum Gasteiger partial charge on any atom is 0.321 e. The quantitative estimate of drug-likeness (QED) is 0.571. The minimum atomic E-state index is -3.66. The fourth-order valence-corrected chi connectivity index (χ4v) is 2.13. The first-order chi connectivity index (χ1) is 8.33. The van der Waals surface area contributed by atoms with Crippen molar-refractivity contribution in [3.8, 4) is 0 Å². The molecular formula is C10H19NO6S. The van der Waals surface area contributed by atoms with E-state index in [9.17, 15) is 18.0 Å². The first-order valence-corrected chi connectivity index (χ1v) is 7.19. The van der Waals surface area contributed by atoms with Crippen molar-refractivity contribution < 1.29 is 27.5 Å². The molecule has 0 aliphatic heterocycles. The highest BCUT2D eigenvalue weighted by Crippen LogP contribution is 2.02. The van der Waals surface area contributed by atoms with Crippen molar-refractivity contribution in [2.45, 2.75) is 20.3 Å². The average molecular weight is 281 g/mol. The van der Waals surface area contributed by atoms with Crippen molar-refractivity contribution in [3.63, 3.8) is 0 Å². The lowest BCUT2D eigenvalue weighted by atomic mass is 10.5. The van der Waals surface area contributed by atoms with E-state index in [2.05, 4.69) is 9.47 Å². The number of hydrogen-bond acceptors (Lipinski definition) is 6. The minimum Gasteiger partial charge on any atom is -0.466 e. The first kappa shape index (κ1) is 16.9. The maximum atomic E-state index is 11.7. The van der Waals surface area contributed by atoms with E-state index in [0.29, 0.717) is 0 Å². The van der Waals surface area contributed by atoms with Gasteiger partial charge in [0, 0.05) is 7.05 Å². The lowest BCUT2D eigenvalue weighted by molar-refractivity contribution is -0.143. The van der Waals surface area contributed by atoms with Gasteiger partial charge < -0.3 is 9.47 Å². The van der Waals surface area contributed by atoms with Crippen LogP contribution >= 0.6 is 0 Å². The van der Waals surface area contributed by atoms with E-state index in [1.807, 2.05) is 0 Å². The number of ether oxygens (including phenoxy) is 2. The molecule has 0 aromatic carbocycles. The molecule has 0 spiro atoms. The maximum absolute atomic E-state index is 11.7. The van der Waals surface area contributed by atoms with Gasteiger partial charge in [-0.3, -0.25) is 9.59 Å². The molecule has 0 N–H and O–H groups in total. The molecule has 0 aromatic heterocycles. The number of nitrogens with zero attached hydrogens (tertiary/aromatic N) is 1. The number of rotatable bonds is 8. The molecule has 8 heteroatoms. The van der Waals surface area contributed by atoms with Gasteiger partial charge in [0.25, 0.3) is 0 Å². The molecule has 0 aromatic rings. The van der Waals surface area contributed by atoms with Gasteiger partial charge in [0.2, 0.25) is 10.0 Å². The Morgan fingerprint density at radius 2 is 1.56 bits per heavy atom. The van der Waals surface area contributed by atoms with Gasteiger partial charge >= 0.3 is 11.9 Å². The smallest absolute Gasteiger partial charge is 0.321 e.